The molecule has 0 bridgehead atoms. The number of primary sulfonamides is 1. The topological polar surface area (TPSA) is 98.8 Å². The third kappa shape index (κ3) is 4.81. The fraction of sp³-hybridized carbons (Fsp3) is 0.174. The molecule has 0 amide bonds. The molecule has 4 aromatic rings. The Morgan fingerprint density at radius 2 is 1.66 bits per heavy atom. The van der Waals surface area contributed by atoms with Crippen molar-refractivity contribution in [1.82, 2.24) is 15.0 Å². The Labute approximate surface area is 208 Å². The van der Waals surface area contributed by atoms with Gasteiger partial charge < -0.3 is 0 Å². The van der Waals surface area contributed by atoms with Gasteiger partial charge in [-0.25, -0.2) is 41.7 Å². The van der Waals surface area contributed by atoms with Crippen molar-refractivity contribution in [3.05, 3.63) is 70.3 Å². The first-order chi connectivity index (χ1) is 16.3. The average Bonchev–Trinajstić information content (AvgIpc) is 3.20. The predicted octanol–water partition coefficient (Wildman–Crippen LogP) is 5.95. The summed E-state index contributed by atoms with van der Waals surface area (Å²) in [5.41, 5.74) is -1.21. The SMILES string of the molecule is CC(C)(C)c1nc(-c2cccc(-c3c(F)ccc(S(N)(=O)=O)c3F)c2F)c(-c2ccnc(Cl)n2)s1. The number of hydrogen-bond donors (Lipinski definition) is 1. The molecule has 0 fully saturated rings. The molecular weight excluding hydrogens is 521 g/mol. The van der Waals surface area contributed by atoms with Crippen LogP contribution in [-0.4, -0.2) is 23.4 Å². The van der Waals surface area contributed by atoms with E-state index in [1.165, 1.54) is 29.7 Å². The van der Waals surface area contributed by atoms with Gasteiger partial charge in [-0.1, -0.05) is 32.9 Å². The van der Waals surface area contributed by atoms with Crippen LogP contribution in [0.4, 0.5) is 13.2 Å². The maximum atomic E-state index is 15.9. The van der Waals surface area contributed by atoms with Gasteiger partial charge in [0.05, 0.1) is 26.8 Å². The summed E-state index contributed by atoms with van der Waals surface area (Å²) in [4.78, 5) is 12.2. The first-order valence-electron chi connectivity index (χ1n) is 10.1. The number of halogens is 4. The molecular formula is C23H18ClF3N4O2S2. The molecule has 0 atom stereocenters. The standard InChI is InChI=1S/C23H18ClF3N4O2S2/c1-23(2,3)21-31-19(20(34-21)14-9-10-29-22(24)30-14)12-6-4-5-11(17(12)26)16-13(25)7-8-15(18(16)27)35(28,32)33/h4-10H,1-3H3,(H2,28,32,33). The van der Waals surface area contributed by atoms with Gasteiger partial charge in [-0.3, -0.25) is 0 Å². The lowest BCUT2D eigenvalue weighted by Crippen LogP contribution is -2.15. The molecule has 0 aliphatic carbocycles. The quantitative estimate of drug-likeness (QED) is 0.324. The summed E-state index contributed by atoms with van der Waals surface area (Å²) < 4.78 is 69.1. The summed E-state index contributed by atoms with van der Waals surface area (Å²) in [5.74, 6) is -3.63. The molecule has 2 aromatic carbocycles. The summed E-state index contributed by atoms with van der Waals surface area (Å²) in [5, 5.41) is 5.68. The highest BCUT2D eigenvalue weighted by molar-refractivity contribution is 7.89. The van der Waals surface area contributed by atoms with Crippen molar-refractivity contribution in [2.45, 2.75) is 31.1 Å². The maximum absolute atomic E-state index is 15.9. The predicted molar refractivity (Wildman–Crippen MR) is 129 cm³/mol. The van der Waals surface area contributed by atoms with Crippen LogP contribution in [-0.2, 0) is 15.4 Å². The number of benzene rings is 2. The number of sulfonamides is 1. The molecule has 0 spiro atoms. The molecule has 0 saturated heterocycles. The van der Waals surface area contributed by atoms with Crippen LogP contribution in [0.15, 0.2) is 47.5 Å². The summed E-state index contributed by atoms with van der Waals surface area (Å²) >= 11 is 7.23. The number of rotatable bonds is 4. The Kier molecular flexibility index (Phi) is 6.47. The average molecular weight is 539 g/mol. The second-order valence-corrected chi connectivity index (χ2v) is 11.5. The van der Waals surface area contributed by atoms with Crippen molar-refractivity contribution >= 4 is 33.0 Å². The zero-order valence-corrected chi connectivity index (χ0v) is 21.0. The normalized spacial score (nSPS) is 12.2. The van der Waals surface area contributed by atoms with E-state index < -0.39 is 48.9 Å². The maximum Gasteiger partial charge on any atom is 0.240 e. The van der Waals surface area contributed by atoms with E-state index in [1.807, 2.05) is 20.8 Å². The summed E-state index contributed by atoms with van der Waals surface area (Å²) in [6.07, 6.45) is 1.45. The van der Waals surface area contributed by atoms with Crippen molar-refractivity contribution in [2.75, 3.05) is 0 Å². The van der Waals surface area contributed by atoms with Gasteiger partial charge in [-0.15, -0.1) is 11.3 Å². The summed E-state index contributed by atoms with van der Waals surface area (Å²) in [7, 11) is -4.52. The van der Waals surface area contributed by atoms with Gasteiger partial charge in [-0.05, 0) is 35.9 Å². The van der Waals surface area contributed by atoms with Crippen molar-refractivity contribution in [3.8, 4) is 33.0 Å². The van der Waals surface area contributed by atoms with Gasteiger partial charge in [0.1, 0.15) is 16.5 Å². The molecule has 0 aliphatic rings. The smallest absolute Gasteiger partial charge is 0.240 e. The molecule has 0 saturated carbocycles. The summed E-state index contributed by atoms with van der Waals surface area (Å²) in [6.45, 7) is 5.80. The van der Waals surface area contributed by atoms with Crippen LogP contribution < -0.4 is 5.14 Å². The van der Waals surface area contributed by atoms with Crippen LogP contribution in [0, 0.1) is 17.5 Å². The minimum atomic E-state index is -4.52. The van der Waals surface area contributed by atoms with E-state index in [1.54, 1.807) is 6.07 Å². The Bertz CT molecular complexity index is 1570. The van der Waals surface area contributed by atoms with Crippen LogP contribution in [0.1, 0.15) is 25.8 Å². The highest BCUT2D eigenvalue weighted by Gasteiger charge is 2.28. The van der Waals surface area contributed by atoms with E-state index in [0.717, 1.165) is 12.1 Å². The van der Waals surface area contributed by atoms with Crippen LogP contribution in [0.25, 0.3) is 33.0 Å². The van der Waals surface area contributed by atoms with Crippen LogP contribution in [0.2, 0.25) is 5.28 Å². The molecule has 0 radical (unpaired) electrons. The number of thiazole rings is 1. The van der Waals surface area contributed by atoms with Gasteiger partial charge in [0.2, 0.25) is 15.3 Å². The minimum absolute atomic E-state index is 0.0164. The highest BCUT2D eigenvalue weighted by atomic mass is 35.5. The largest absolute Gasteiger partial charge is 0.240 e. The molecule has 2 heterocycles. The van der Waals surface area contributed by atoms with Crippen LogP contribution in [0.3, 0.4) is 0 Å². The molecule has 0 aliphatic heterocycles. The molecule has 35 heavy (non-hydrogen) atoms. The lowest BCUT2D eigenvalue weighted by molar-refractivity contribution is 0.551. The second kappa shape index (κ2) is 8.98. The molecule has 6 nitrogen and oxygen atoms in total. The van der Waals surface area contributed by atoms with Crippen molar-refractivity contribution in [2.24, 2.45) is 5.14 Å². The number of nitrogens with zero attached hydrogens (tertiary/aromatic N) is 3. The molecule has 2 N–H and O–H groups in total. The fourth-order valence-electron chi connectivity index (χ4n) is 3.37. The van der Waals surface area contributed by atoms with Crippen molar-refractivity contribution < 1.29 is 21.6 Å². The van der Waals surface area contributed by atoms with Gasteiger partial charge in [0.25, 0.3) is 0 Å². The monoisotopic (exact) mass is 538 g/mol. The molecule has 0 unspecified atom stereocenters. The zero-order valence-electron chi connectivity index (χ0n) is 18.6. The van der Waals surface area contributed by atoms with E-state index in [0.29, 0.717) is 21.6 Å². The Morgan fingerprint density at radius 1 is 0.971 bits per heavy atom. The minimum Gasteiger partial charge on any atom is -0.240 e. The summed E-state index contributed by atoms with van der Waals surface area (Å²) in [6, 6.07) is 6.95. The Hall–Kier alpha value is -2.86. The van der Waals surface area contributed by atoms with E-state index in [-0.39, 0.29) is 16.5 Å². The van der Waals surface area contributed by atoms with E-state index >= 15 is 8.78 Å². The number of hydrogen-bond acceptors (Lipinski definition) is 6. The van der Waals surface area contributed by atoms with E-state index in [2.05, 4.69) is 15.0 Å². The van der Waals surface area contributed by atoms with E-state index in [4.69, 9.17) is 16.7 Å². The number of nitrogens with two attached hydrogens (primary N) is 1. The lowest BCUT2D eigenvalue weighted by atomic mass is 9.97. The van der Waals surface area contributed by atoms with Gasteiger partial charge in [0, 0.05) is 22.7 Å². The third-order valence-corrected chi connectivity index (χ3v) is 7.63. The van der Waals surface area contributed by atoms with Gasteiger partial charge >= 0.3 is 0 Å². The lowest BCUT2D eigenvalue weighted by Gasteiger charge is -2.14. The highest BCUT2D eigenvalue weighted by Crippen LogP contribution is 2.43. The molecule has 4 rings (SSSR count). The Morgan fingerprint density at radius 3 is 2.29 bits per heavy atom. The van der Waals surface area contributed by atoms with E-state index in [9.17, 15) is 12.8 Å². The van der Waals surface area contributed by atoms with Crippen LogP contribution in [0.5, 0.6) is 0 Å². The molecule has 2 aromatic heterocycles. The van der Waals surface area contributed by atoms with Gasteiger partial charge in [-0.2, -0.15) is 0 Å². The first-order valence-corrected chi connectivity index (χ1v) is 12.8. The second-order valence-electron chi connectivity index (χ2n) is 8.60. The van der Waals surface area contributed by atoms with Crippen molar-refractivity contribution in [3.63, 3.8) is 0 Å². The molecule has 182 valence electrons. The molecule has 12 heteroatoms. The Balaban J connectivity index is 2.00. The third-order valence-electron chi connectivity index (χ3n) is 5.01. The van der Waals surface area contributed by atoms with Gasteiger partial charge in [0.15, 0.2) is 5.82 Å². The van der Waals surface area contributed by atoms with Crippen molar-refractivity contribution in [1.29, 1.82) is 0 Å². The van der Waals surface area contributed by atoms with Crippen LogP contribution >= 0.6 is 22.9 Å². The zero-order chi connectivity index (χ0) is 25.7. The fourth-order valence-corrected chi connectivity index (χ4v) is 5.23. The first kappa shape index (κ1) is 25.2. The number of aromatic nitrogens is 3.